The smallest absolute Gasteiger partial charge is 0.0741 e. The van der Waals surface area contributed by atoms with Crippen molar-refractivity contribution in [3.05, 3.63) is 11.1 Å². The van der Waals surface area contributed by atoms with Gasteiger partial charge in [-0.3, -0.25) is 0 Å². The van der Waals surface area contributed by atoms with Crippen molar-refractivity contribution in [1.29, 1.82) is 0 Å². The van der Waals surface area contributed by atoms with Crippen molar-refractivity contribution < 1.29 is 10.2 Å². The number of allylic oxidation sites excluding steroid dienone is 2. The van der Waals surface area contributed by atoms with Crippen LogP contribution in [-0.2, 0) is 0 Å². The molecule has 3 heteroatoms. The molecule has 0 saturated heterocycles. The van der Waals surface area contributed by atoms with E-state index in [1.165, 1.54) is 51.4 Å². The highest BCUT2D eigenvalue weighted by molar-refractivity contribution is 9.09. The van der Waals surface area contributed by atoms with Crippen molar-refractivity contribution in [2.24, 2.45) is 45.3 Å². The maximum absolute atomic E-state index is 10.9. The molecule has 0 aromatic heterocycles. The fourth-order valence-electron chi connectivity index (χ4n) is 9.96. The third kappa shape index (κ3) is 3.84. The summed E-state index contributed by atoms with van der Waals surface area (Å²) in [6.45, 7) is 21.4. The van der Waals surface area contributed by atoms with E-state index in [0.717, 1.165) is 18.3 Å². The molecule has 2 nitrogen and oxygen atoms in total. The lowest BCUT2D eigenvalue weighted by Crippen LogP contribution is -2.53. The SMILES string of the molecule is CC1CC[C@]2(C)C3=C(CC[C@H]2C1(C)C)[C@]1(C)CC[C@H]([C@H](C)CC(O)C(Br)C(C)(C)O)[C@@]1(C)CC3. The second kappa shape index (κ2) is 8.59. The van der Waals surface area contributed by atoms with Gasteiger partial charge in [0.05, 0.1) is 16.5 Å². The zero-order valence-electron chi connectivity index (χ0n) is 23.6. The van der Waals surface area contributed by atoms with Crippen LogP contribution in [0.3, 0.4) is 0 Å². The third-order valence-electron chi connectivity index (χ3n) is 12.7. The molecular formula is C31H53BrO2. The number of rotatable bonds is 5. The Hall–Kier alpha value is 0.140. The second-order valence-electron chi connectivity index (χ2n) is 15.0. The minimum absolute atomic E-state index is 0.295. The number of hydrogen-bond acceptors (Lipinski definition) is 2. The van der Waals surface area contributed by atoms with Gasteiger partial charge in [-0.05, 0) is 117 Å². The molecule has 0 aromatic rings. The molecule has 0 heterocycles. The quantitative estimate of drug-likeness (QED) is 0.274. The van der Waals surface area contributed by atoms with Gasteiger partial charge in [0, 0.05) is 0 Å². The largest absolute Gasteiger partial charge is 0.392 e. The third-order valence-corrected chi connectivity index (χ3v) is 14.4. The van der Waals surface area contributed by atoms with Gasteiger partial charge in [0.1, 0.15) is 0 Å². The zero-order valence-corrected chi connectivity index (χ0v) is 25.2. The Kier molecular flexibility index (Phi) is 6.87. The van der Waals surface area contributed by atoms with Gasteiger partial charge in [-0.25, -0.2) is 0 Å². The Bertz CT molecular complexity index is 824. The van der Waals surface area contributed by atoms with E-state index in [-0.39, 0.29) is 4.83 Å². The maximum atomic E-state index is 10.9. The molecule has 0 radical (unpaired) electrons. The summed E-state index contributed by atoms with van der Waals surface area (Å²) >= 11 is 3.58. The molecule has 0 amide bonds. The number of alkyl halides is 1. The summed E-state index contributed by atoms with van der Waals surface area (Å²) < 4.78 is 0. The van der Waals surface area contributed by atoms with Crippen LogP contribution in [0, 0.1) is 45.3 Å². The molecule has 0 bridgehead atoms. The molecule has 4 aliphatic carbocycles. The molecule has 9 atom stereocenters. The van der Waals surface area contributed by atoms with Crippen LogP contribution in [0.15, 0.2) is 11.1 Å². The Morgan fingerprint density at radius 1 is 0.971 bits per heavy atom. The van der Waals surface area contributed by atoms with Gasteiger partial charge in [-0.2, -0.15) is 0 Å². The number of aliphatic hydroxyl groups is 2. The van der Waals surface area contributed by atoms with E-state index in [1.54, 1.807) is 13.8 Å². The molecule has 3 unspecified atom stereocenters. The highest BCUT2D eigenvalue weighted by atomic mass is 79.9. The van der Waals surface area contributed by atoms with Gasteiger partial charge in [-0.15, -0.1) is 0 Å². The standard InChI is InChI=1S/C31H53BrO2/c1-19(18-24(33)26(32)28(5,6)34)21-13-16-31(9)23-10-11-25-27(3,4)20(2)12-15-29(25,7)22(23)14-17-30(21,31)8/h19-21,24-26,33-34H,10-18H2,1-9H3/t19-,20?,21-,24?,25+,26?,29-,30-,31+/m1/s1. The lowest BCUT2D eigenvalue weighted by Gasteiger charge is -2.62. The fraction of sp³-hybridized carbons (Fsp3) is 0.935. The van der Waals surface area contributed by atoms with E-state index < -0.39 is 11.7 Å². The average molecular weight is 538 g/mol. The fourth-order valence-corrected chi connectivity index (χ4v) is 10.2. The molecule has 4 rings (SSSR count). The highest BCUT2D eigenvalue weighted by Gasteiger charge is 2.63. The van der Waals surface area contributed by atoms with Gasteiger partial charge in [-0.1, -0.05) is 75.5 Å². The molecule has 196 valence electrons. The van der Waals surface area contributed by atoms with E-state index in [9.17, 15) is 10.2 Å². The first-order valence-electron chi connectivity index (χ1n) is 14.3. The van der Waals surface area contributed by atoms with Crippen molar-refractivity contribution in [1.82, 2.24) is 0 Å². The minimum Gasteiger partial charge on any atom is -0.392 e. The normalized spacial score (nSPS) is 44.6. The number of fused-ring (bicyclic) bond motifs is 4. The first kappa shape index (κ1) is 27.2. The van der Waals surface area contributed by atoms with Gasteiger partial charge >= 0.3 is 0 Å². The first-order valence-corrected chi connectivity index (χ1v) is 15.2. The predicted octanol–water partition coefficient (Wildman–Crippen LogP) is 8.29. The van der Waals surface area contributed by atoms with Gasteiger partial charge in [0.25, 0.3) is 0 Å². The second-order valence-corrected chi connectivity index (χ2v) is 15.9. The number of halogens is 1. The van der Waals surface area contributed by atoms with Crippen molar-refractivity contribution >= 4 is 15.9 Å². The van der Waals surface area contributed by atoms with Crippen LogP contribution in [-0.4, -0.2) is 26.7 Å². The van der Waals surface area contributed by atoms with Crippen LogP contribution >= 0.6 is 15.9 Å². The Labute approximate surface area is 218 Å². The highest BCUT2D eigenvalue weighted by Crippen LogP contribution is 2.72. The van der Waals surface area contributed by atoms with Crippen molar-refractivity contribution in [2.75, 3.05) is 0 Å². The van der Waals surface area contributed by atoms with E-state index in [4.69, 9.17) is 0 Å². The molecule has 34 heavy (non-hydrogen) atoms. The van der Waals surface area contributed by atoms with Gasteiger partial charge in [0.15, 0.2) is 0 Å². The van der Waals surface area contributed by atoms with Crippen molar-refractivity contribution in [2.45, 2.75) is 137 Å². The summed E-state index contributed by atoms with van der Waals surface area (Å²) in [5, 5.41) is 21.3. The predicted molar refractivity (Wildman–Crippen MR) is 147 cm³/mol. The number of hydrogen-bond donors (Lipinski definition) is 2. The van der Waals surface area contributed by atoms with Crippen molar-refractivity contribution in [3.63, 3.8) is 0 Å². The zero-order chi connectivity index (χ0) is 25.5. The molecule has 0 spiro atoms. The topological polar surface area (TPSA) is 40.5 Å². The van der Waals surface area contributed by atoms with E-state index in [1.807, 2.05) is 11.1 Å². The summed E-state index contributed by atoms with van der Waals surface area (Å²) in [7, 11) is 0. The summed E-state index contributed by atoms with van der Waals surface area (Å²) in [4.78, 5) is -0.295. The Morgan fingerprint density at radius 3 is 2.24 bits per heavy atom. The molecule has 0 aliphatic heterocycles. The molecule has 2 N–H and O–H groups in total. The lowest BCUT2D eigenvalue weighted by atomic mass is 9.42. The molecule has 2 fully saturated rings. The summed E-state index contributed by atoms with van der Waals surface area (Å²) in [6, 6.07) is 0. The number of aliphatic hydroxyl groups excluding tert-OH is 1. The van der Waals surface area contributed by atoms with Crippen LogP contribution in [0.5, 0.6) is 0 Å². The van der Waals surface area contributed by atoms with Crippen LogP contribution in [0.25, 0.3) is 0 Å². The van der Waals surface area contributed by atoms with Gasteiger partial charge in [0.2, 0.25) is 0 Å². The molecule has 2 saturated carbocycles. The van der Waals surface area contributed by atoms with E-state index >= 15 is 0 Å². The Morgan fingerprint density at radius 2 is 1.62 bits per heavy atom. The van der Waals surface area contributed by atoms with Crippen LogP contribution in [0.1, 0.15) is 120 Å². The summed E-state index contributed by atoms with van der Waals surface area (Å²) in [6.07, 6.45) is 10.8. The molecule has 4 aliphatic rings. The van der Waals surface area contributed by atoms with E-state index in [0.29, 0.717) is 33.5 Å². The van der Waals surface area contributed by atoms with Gasteiger partial charge < -0.3 is 10.2 Å². The summed E-state index contributed by atoms with van der Waals surface area (Å²) in [5.74, 6) is 2.73. The molecule has 0 aromatic carbocycles. The monoisotopic (exact) mass is 536 g/mol. The van der Waals surface area contributed by atoms with Crippen LogP contribution in [0.2, 0.25) is 0 Å². The minimum atomic E-state index is -0.920. The summed E-state index contributed by atoms with van der Waals surface area (Å²) in [5.41, 5.74) is 4.25. The van der Waals surface area contributed by atoms with Crippen molar-refractivity contribution in [3.8, 4) is 0 Å². The molecular weight excluding hydrogens is 484 g/mol. The van der Waals surface area contributed by atoms with Crippen LogP contribution in [0.4, 0.5) is 0 Å². The lowest BCUT2D eigenvalue weighted by molar-refractivity contribution is -0.0496. The Balaban J connectivity index is 1.62. The first-order chi connectivity index (χ1) is 15.5. The maximum Gasteiger partial charge on any atom is 0.0741 e. The van der Waals surface area contributed by atoms with Crippen LogP contribution < -0.4 is 0 Å². The van der Waals surface area contributed by atoms with E-state index in [2.05, 4.69) is 64.4 Å². The average Bonchev–Trinajstić information content (AvgIpc) is 3.01.